The van der Waals surface area contributed by atoms with E-state index in [2.05, 4.69) is 10.3 Å². The number of thioether (sulfide) groups is 1. The lowest BCUT2D eigenvalue weighted by molar-refractivity contribution is -0.127. The Labute approximate surface area is 162 Å². The number of rotatable bonds is 7. The second kappa shape index (κ2) is 9.05. The van der Waals surface area contributed by atoms with Gasteiger partial charge in [0.2, 0.25) is 11.8 Å². The molecule has 0 spiro atoms. The molecule has 5 nitrogen and oxygen atoms in total. The van der Waals surface area contributed by atoms with Crippen molar-refractivity contribution in [2.24, 2.45) is 0 Å². The molecule has 1 aliphatic rings. The zero-order valence-corrected chi connectivity index (χ0v) is 15.8. The number of carbonyl (C=O) groups excluding carboxylic acids is 2. The van der Waals surface area contributed by atoms with Crippen LogP contribution in [-0.2, 0) is 16.0 Å². The monoisotopic (exact) mass is 389 g/mol. The van der Waals surface area contributed by atoms with Crippen LogP contribution in [0.15, 0.2) is 53.7 Å². The molecule has 1 aromatic carbocycles. The van der Waals surface area contributed by atoms with E-state index in [0.29, 0.717) is 30.3 Å². The van der Waals surface area contributed by atoms with Crippen LogP contribution >= 0.6 is 23.4 Å². The van der Waals surface area contributed by atoms with E-state index in [9.17, 15) is 9.59 Å². The topological polar surface area (TPSA) is 62.3 Å². The Kier molecular flexibility index (Phi) is 6.52. The van der Waals surface area contributed by atoms with Gasteiger partial charge in [-0.15, -0.1) is 0 Å². The van der Waals surface area contributed by atoms with Gasteiger partial charge in [0.05, 0.1) is 16.8 Å². The smallest absolute Gasteiger partial charge is 0.230 e. The standard InChI is InChI=1S/C19H20ClN3O2S/c20-15-5-3-4-14(10-15)7-9-23-12-16(11-19(23)25)22-17(24)13-26-18-6-1-2-8-21-18/h1-6,8,10,16H,7,9,11-13H2,(H,22,24)/t16-/m0/s1. The molecule has 0 aliphatic carbocycles. The van der Waals surface area contributed by atoms with Gasteiger partial charge >= 0.3 is 0 Å². The summed E-state index contributed by atoms with van der Waals surface area (Å²) in [4.78, 5) is 30.2. The second-order valence-electron chi connectivity index (χ2n) is 6.14. The van der Waals surface area contributed by atoms with E-state index in [1.807, 2.05) is 42.5 Å². The van der Waals surface area contributed by atoms with Crippen LogP contribution < -0.4 is 5.32 Å². The van der Waals surface area contributed by atoms with Crippen molar-refractivity contribution in [3.05, 3.63) is 59.2 Å². The molecule has 0 saturated carbocycles. The predicted molar refractivity (Wildman–Crippen MR) is 103 cm³/mol. The molecule has 7 heteroatoms. The summed E-state index contributed by atoms with van der Waals surface area (Å²) in [7, 11) is 0. The third kappa shape index (κ3) is 5.47. The Hall–Kier alpha value is -2.05. The number of benzene rings is 1. The number of halogens is 1. The molecule has 136 valence electrons. The van der Waals surface area contributed by atoms with Gasteiger partial charge in [0.25, 0.3) is 0 Å². The summed E-state index contributed by atoms with van der Waals surface area (Å²) >= 11 is 7.38. The summed E-state index contributed by atoms with van der Waals surface area (Å²) in [6.07, 6.45) is 2.81. The Morgan fingerprint density at radius 2 is 2.19 bits per heavy atom. The third-order valence-corrected chi connectivity index (χ3v) is 5.31. The zero-order valence-electron chi connectivity index (χ0n) is 14.2. The summed E-state index contributed by atoms with van der Waals surface area (Å²) in [5, 5.41) is 4.46. The molecule has 26 heavy (non-hydrogen) atoms. The van der Waals surface area contributed by atoms with Crippen LogP contribution in [0.5, 0.6) is 0 Å². The summed E-state index contributed by atoms with van der Waals surface area (Å²) in [6, 6.07) is 13.1. The minimum absolute atomic E-state index is 0.0739. The molecule has 1 saturated heterocycles. The van der Waals surface area contributed by atoms with Crippen LogP contribution in [-0.4, -0.2) is 46.6 Å². The Morgan fingerprint density at radius 3 is 2.96 bits per heavy atom. The van der Waals surface area contributed by atoms with E-state index in [1.165, 1.54) is 11.8 Å². The molecule has 3 rings (SSSR count). The maximum absolute atomic E-state index is 12.2. The van der Waals surface area contributed by atoms with Crippen molar-refractivity contribution in [3.8, 4) is 0 Å². The quantitative estimate of drug-likeness (QED) is 0.739. The molecular weight excluding hydrogens is 370 g/mol. The maximum atomic E-state index is 12.2. The molecular formula is C19H20ClN3O2S. The highest BCUT2D eigenvalue weighted by Gasteiger charge is 2.30. The van der Waals surface area contributed by atoms with Crippen molar-refractivity contribution in [2.45, 2.75) is 23.9 Å². The van der Waals surface area contributed by atoms with Crippen molar-refractivity contribution in [2.75, 3.05) is 18.8 Å². The average Bonchev–Trinajstić information content (AvgIpc) is 2.98. The van der Waals surface area contributed by atoms with E-state index in [1.54, 1.807) is 11.1 Å². The molecule has 1 aromatic heterocycles. The summed E-state index contributed by atoms with van der Waals surface area (Å²) < 4.78 is 0. The molecule has 2 aromatic rings. The van der Waals surface area contributed by atoms with E-state index >= 15 is 0 Å². The van der Waals surface area contributed by atoms with Gasteiger partial charge in [-0.2, -0.15) is 0 Å². The van der Waals surface area contributed by atoms with Gasteiger partial charge in [0, 0.05) is 30.7 Å². The Bertz CT molecular complexity index is 772. The van der Waals surface area contributed by atoms with E-state index in [-0.39, 0.29) is 17.9 Å². The van der Waals surface area contributed by atoms with Crippen molar-refractivity contribution in [1.29, 1.82) is 0 Å². The van der Waals surface area contributed by atoms with Gasteiger partial charge < -0.3 is 10.2 Å². The molecule has 1 atom stereocenters. The predicted octanol–water partition coefficient (Wildman–Crippen LogP) is 2.79. The first-order valence-corrected chi connectivity index (χ1v) is 9.82. The number of amides is 2. The normalized spacial score (nSPS) is 16.7. The maximum Gasteiger partial charge on any atom is 0.230 e. The molecule has 2 amide bonds. The minimum Gasteiger partial charge on any atom is -0.350 e. The number of hydrogen-bond donors (Lipinski definition) is 1. The van der Waals surface area contributed by atoms with Crippen LogP contribution in [0, 0.1) is 0 Å². The van der Waals surface area contributed by atoms with E-state index in [0.717, 1.165) is 17.0 Å². The summed E-state index contributed by atoms with van der Waals surface area (Å²) in [6.45, 7) is 1.19. The second-order valence-corrected chi connectivity index (χ2v) is 7.58. The number of carbonyl (C=O) groups is 2. The number of hydrogen-bond acceptors (Lipinski definition) is 4. The van der Waals surface area contributed by atoms with Crippen LogP contribution in [0.2, 0.25) is 5.02 Å². The lowest BCUT2D eigenvalue weighted by Gasteiger charge is -2.17. The van der Waals surface area contributed by atoms with Gasteiger partial charge in [-0.1, -0.05) is 41.6 Å². The van der Waals surface area contributed by atoms with Gasteiger partial charge in [0.1, 0.15) is 0 Å². The summed E-state index contributed by atoms with van der Waals surface area (Å²) in [5.74, 6) is 0.300. The number of pyridine rings is 1. The number of nitrogens with one attached hydrogen (secondary N) is 1. The van der Waals surface area contributed by atoms with Gasteiger partial charge in [-0.05, 0) is 36.2 Å². The lowest BCUT2D eigenvalue weighted by Crippen LogP contribution is -2.38. The van der Waals surface area contributed by atoms with Gasteiger partial charge in [-0.25, -0.2) is 4.98 Å². The molecule has 0 unspecified atom stereocenters. The Morgan fingerprint density at radius 1 is 1.31 bits per heavy atom. The van der Waals surface area contributed by atoms with Gasteiger partial charge in [-0.3, -0.25) is 9.59 Å². The molecule has 1 fully saturated rings. The van der Waals surface area contributed by atoms with Gasteiger partial charge in [0.15, 0.2) is 0 Å². The fraction of sp³-hybridized carbons (Fsp3) is 0.316. The van der Waals surface area contributed by atoms with E-state index in [4.69, 9.17) is 11.6 Å². The highest BCUT2D eigenvalue weighted by Crippen LogP contribution is 2.16. The lowest BCUT2D eigenvalue weighted by atomic mass is 10.1. The van der Waals surface area contributed by atoms with Crippen LogP contribution in [0.4, 0.5) is 0 Å². The van der Waals surface area contributed by atoms with Crippen molar-refractivity contribution >= 4 is 35.2 Å². The molecule has 2 heterocycles. The molecule has 1 N–H and O–H groups in total. The molecule has 1 aliphatic heterocycles. The van der Waals surface area contributed by atoms with Crippen molar-refractivity contribution in [3.63, 3.8) is 0 Å². The fourth-order valence-corrected chi connectivity index (χ4v) is 3.77. The van der Waals surface area contributed by atoms with E-state index < -0.39 is 0 Å². The SMILES string of the molecule is O=C(CSc1ccccn1)N[C@H]1CC(=O)N(CCc2cccc(Cl)c2)C1. The first kappa shape index (κ1) is 18.7. The molecule has 0 radical (unpaired) electrons. The zero-order chi connectivity index (χ0) is 18.4. The molecule has 0 bridgehead atoms. The summed E-state index contributed by atoms with van der Waals surface area (Å²) in [5.41, 5.74) is 1.10. The average molecular weight is 390 g/mol. The highest BCUT2D eigenvalue weighted by molar-refractivity contribution is 7.99. The minimum atomic E-state index is -0.126. The van der Waals surface area contributed by atoms with Crippen molar-refractivity contribution in [1.82, 2.24) is 15.2 Å². The van der Waals surface area contributed by atoms with Crippen molar-refractivity contribution < 1.29 is 9.59 Å². The Balaban J connectivity index is 1.43. The first-order chi connectivity index (χ1) is 12.6. The number of aromatic nitrogens is 1. The first-order valence-electron chi connectivity index (χ1n) is 8.45. The highest BCUT2D eigenvalue weighted by atomic mass is 35.5. The van der Waals surface area contributed by atoms with Crippen LogP contribution in [0.3, 0.4) is 0 Å². The van der Waals surface area contributed by atoms with Crippen LogP contribution in [0.1, 0.15) is 12.0 Å². The number of nitrogens with zero attached hydrogens (tertiary/aromatic N) is 2. The third-order valence-electron chi connectivity index (χ3n) is 4.13. The largest absolute Gasteiger partial charge is 0.350 e. The van der Waals surface area contributed by atoms with Crippen LogP contribution in [0.25, 0.3) is 0 Å². The number of likely N-dealkylation sites (tertiary alicyclic amines) is 1. The fourth-order valence-electron chi connectivity index (χ4n) is 2.88.